The van der Waals surface area contributed by atoms with Gasteiger partial charge in [-0.3, -0.25) is 0 Å². The smallest absolute Gasteiger partial charge is 0.343 e. The molecular formula is C19H25N3O4. The van der Waals surface area contributed by atoms with E-state index in [1.165, 1.54) is 0 Å². The molecule has 0 radical (unpaired) electrons. The second-order valence-electron chi connectivity index (χ2n) is 7.30. The number of rotatable bonds is 6. The van der Waals surface area contributed by atoms with Crippen LogP contribution in [-0.4, -0.2) is 66.6 Å². The quantitative estimate of drug-likeness (QED) is 0.817. The van der Waals surface area contributed by atoms with E-state index in [1.807, 2.05) is 37.2 Å². The first-order chi connectivity index (χ1) is 12.5. The number of carboxylic acids is 1. The van der Waals surface area contributed by atoms with Crippen molar-refractivity contribution in [2.24, 2.45) is 5.41 Å². The maximum atomic E-state index is 11.9. The highest BCUT2D eigenvalue weighted by Gasteiger charge is 2.38. The topological polar surface area (TPSA) is 90.0 Å². The van der Waals surface area contributed by atoms with Gasteiger partial charge in [0.15, 0.2) is 17.1 Å². The Labute approximate surface area is 152 Å². The van der Waals surface area contributed by atoms with Crippen LogP contribution < -0.4 is 4.90 Å². The van der Waals surface area contributed by atoms with Crippen LogP contribution >= 0.6 is 0 Å². The van der Waals surface area contributed by atoms with Gasteiger partial charge in [-0.05, 0) is 26.9 Å². The Bertz CT molecular complexity index is 759. The molecule has 2 heterocycles. The number of aromatic nitrogens is 1. The van der Waals surface area contributed by atoms with Crippen LogP contribution in [0.15, 0.2) is 34.9 Å². The highest BCUT2D eigenvalue weighted by atomic mass is 16.5. The van der Waals surface area contributed by atoms with E-state index in [4.69, 9.17) is 4.52 Å². The number of hydrogen-bond acceptors (Lipinski definition) is 6. The summed E-state index contributed by atoms with van der Waals surface area (Å²) in [5, 5.41) is 23.9. The number of carbonyl (C=O) groups is 1. The number of nitrogens with zero attached hydrogens (tertiary/aromatic N) is 3. The van der Waals surface area contributed by atoms with Crippen molar-refractivity contribution in [2.45, 2.75) is 12.8 Å². The summed E-state index contributed by atoms with van der Waals surface area (Å²) >= 11 is 0. The van der Waals surface area contributed by atoms with Crippen molar-refractivity contribution in [3.8, 4) is 11.3 Å². The first-order valence-electron chi connectivity index (χ1n) is 8.75. The van der Waals surface area contributed by atoms with Gasteiger partial charge in [0.1, 0.15) is 0 Å². The first kappa shape index (κ1) is 18.4. The Morgan fingerprint density at radius 1 is 1.35 bits per heavy atom. The Kier molecular flexibility index (Phi) is 5.29. The molecule has 7 heteroatoms. The molecule has 0 amide bonds. The average molecular weight is 359 g/mol. The van der Waals surface area contributed by atoms with Crippen LogP contribution in [0.1, 0.15) is 23.2 Å². The van der Waals surface area contributed by atoms with Gasteiger partial charge in [-0.15, -0.1) is 0 Å². The molecule has 1 fully saturated rings. The van der Waals surface area contributed by atoms with Crippen LogP contribution in [-0.2, 0) is 0 Å². The number of aromatic carboxylic acids is 1. The van der Waals surface area contributed by atoms with E-state index in [9.17, 15) is 15.0 Å². The molecule has 7 nitrogen and oxygen atoms in total. The van der Waals surface area contributed by atoms with E-state index in [0.717, 1.165) is 19.4 Å². The zero-order valence-corrected chi connectivity index (χ0v) is 15.2. The lowest BCUT2D eigenvalue weighted by Gasteiger charge is -2.43. The van der Waals surface area contributed by atoms with Gasteiger partial charge in [-0.25, -0.2) is 4.79 Å². The summed E-state index contributed by atoms with van der Waals surface area (Å²) in [7, 11) is 3.95. The number of aliphatic hydroxyl groups is 1. The lowest BCUT2D eigenvalue weighted by atomic mass is 9.80. The van der Waals surface area contributed by atoms with E-state index in [-0.39, 0.29) is 23.3 Å². The van der Waals surface area contributed by atoms with Crippen LogP contribution in [0, 0.1) is 5.41 Å². The molecule has 1 aliphatic heterocycles. The Balaban J connectivity index is 1.96. The predicted octanol–water partition coefficient (Wildman–Crippen LogP) is 2.18. The van der Waals surface area contributed by atoms with Crippen molar-refractivity contribution in [2.75, 3.05) is 45.2 Å². The van der Waals surface area contributed by atoms with Crippen LogP contribution in [0.3, 0.4) is 0 Å². The molecule has 26 heavy (non-hydrogen) atoms. The summed E-state index contributed by atoms with van der Waals surface area (Å²) in [6, 6.07) is 9.13. The summed E-state index contributed by atoms with van der Waals surface area (Å²) in [6.07, 6.45) is 1.75. The van der Waals surface area contributed by atoms with Gasteiger partial charge in [0.2, 0.25) is 0 Å². The van der Waals surface area contributed by atoms with Gasteiger partial charge < -0.3 is 24.5 Å². The molecule has 0 spiro atoms. The zero-order chi connectivity index (χ0) is 18.7. The molecule has 1 aromatic heterocycles. The van der Waals surface area contributed by atoms with Crippen molar-refractivity contribution in [3.05, 3.63) is 35.9 Å². The summed E-state index contributed by atoms with van der Waals surface area (Å²) in [5.74, 6) is -0.457. The van der Waals surface area contributed by atoms with Crippen LogP contribution in [0.5, 0.6) is 0 Å². The highest BCUT2D eigenvalue weighted by molar-refractivity contribution is 5.99. The minimum Gasteiger partial charge on any atom is -0.477 e. The lowest BCUT2D eigenvalue weighted by Crippen LogP contribution is -2.50. The molecule has 0 aliphatic carbocycles. The fraction of sp³-hybridized carbons (Fsp3) is 0.474. The molecule has 1 aromatic carbocycles. The second-order valence-corrected chi connectivity index (χ2v) is 7.30. The molecule has 2 aromatic rings. The van der Waals surface area contributed by atoms with Crippen molar-refractivity contribution in [3.63, 3.8) is 0 Å². The molecule has 1 aliphatic rings. The van der Waals surface area contributed by atoms with Crippen molar-refractivity contribution < 1.29 is 19.5 Å². The Morgan fingerprint density at radius 3 is 2.69 bits per heavy atom. The van der Waals surface area contributed by atoms with E-state index < -0.39 is 5.97 Å². The number of aliphatic hydroxyl groups excluding tert-OH is 1. The third kappa shape index (κ3) is 3.59. The number of piperidine rings is 1. The molecule has 1 saturated heterocycles. The molecule has 140 valence electrons. The first-order valence-corrected chi connectivity index (χ1v) is 8.75. The van der Waals surface area contributed by atoms with Gasteiger partial charge in [0.05, 0.1) is 6.61 Å². The normalized spacial score (nSPS) is 20.5. The summed E-state index contributed by atoms with van der Waals surface area (Å²) in [5.41, 5.74) is 0.459. The maximum absolute atomic E-state index is 11.9. The fourth-order valence-electron chi connectivity index (χ4n) is 3.84. The largest absolute Gasteiger partial charge is 0.477 e. The Morgan fingerprint density at radius 2 is 2.08 bits per heavy atom. The summed E-state index contributed by atoms with van der Waals surface area (Å²) in [6.45, 7) is 2.01. The fourth-order valence-corrected chi connectivity index (χ4v) is 3.84. The standard InChI is InChI=1S/C19H25N3O4/c1-21(2)11-19(13-23)9-6-10-22(12-19)17-15(18(24)25)16(26-20-17)14-7-4-3-5-8-14/h3-5,7-8,23H,6,9-13H2,1-2H3,(H,24,25). The number of benzene rings is 1. The van der Waals surface area contributed by atoms with Gasteiger partial charge in [0, 0.05) is 30.6 Å². The van der Waals surface area contributed by atoms with Gasteiger partial charge >= 0.3 is 5.97 Å². The molecule has 3 rings (SSSR count). The summed E-state index contributed by atoms with van der Waals surface area (Å²) < 4.78 is 5.43. The molecule has 1 unspecified atom stereocenters. The van der Waals surface area contributed by atoms with Crippen molar-refractivity contribution in [1.82, 2.24) is 10.1 Å². The minimum absolute atomic E-state index is 0.0491. The van der Waals surface area contributed by atoms with E-state index in [1.54, 1.807) is 12.1 Å². The highest BCUT2D eigenvalue weighted by Crippen LogP contribution is 2.37. The number of carboxylic acid groups (broad SMARTS) is 1. The third-order valence-electron chi connectivity index (χ3n) is 4.87. The van der Waals surface area contributed by atoms with E-state index in [0.29, 0.717) is 24.5 Å². The monoisotopic (exact) mass is 359 g/mol. The SMILES string of the molecule is CN(C)CC1(CO)CCCN(c2noc(-c3ccccc3)c2C(=O)O)C1. The third-order valence-corrected chi connectivity index (χ3v) is 4.87. The van der Waals surface area contributed by atoms with E-state index in [2.05, 4.69) is 10.1 Å². The molecule has 1 atom stereocenters. The molecule has 0 saturated carbocycles. The molecule has 2 N–H and O–H groups in total. The van der Waals surface area contributed by atoms with Crippen LogP contribution in [0.25, 0.3) is 11.3 Å². The zero-order valence-electron chi connectivity index (χ0n) is 15.2. The van der Waals surface area contributed by atoms with Crippen LogP contribution in [0.4, 0.5) is 5.82 Å². The van der Waals surface area contributed by atoms with Gasteiger partial charge in [0.25, 0.3) is 0 Å². The van der Waals surface area contributed by atoms with Crippen LogP contribution in [0.2, 0.25) is 0 Å². The Hall–Kier alpha value is -2.38. The average Bonchev–Trinajstić information content (AvgIpc) is 3.07. The number of hydrogen-bond donors (Lipinski definition) is 2. The van der Waals surface area contributed by atoms with Crippen molar-refractivity contribution >= 4 is 11.8 Å². The maximum Gasteiger partial charge on any atom is 0.343 e. The van der Waals surface area contributed by atoms with Gasteiger partial charge in [-0.2, -0.15) is 0 Å². The van der Waals surface area contributed by atoms with Crippen molar-refractivity contribution in [1.29, 1.82) is 0 Å². The summed E-state index contributed by atoms with van der Waals surface area (Å²) in [4.78, 5) is 15.9. The lowest BCUT2D eigenvalue weighted by molar-refractivity contribution is 0.0692. The number of anilines is 1. The predicted molar refractivity (Wildman–Crippen MR) is 98.4 cm³/mol. The second kappa shape index (κ2) is 7.47. The molecular weight excluding hydrogens is 334 g/mol. The minimum atomic E-state index is -1.06. The van der Waals surface area contributed by atoms with E-state index >= 15 is 0 Å². The molecule has 0 bridgehead atoms. The van der Waals surface area contributed by atoms with Gasteiger partial charge in [-0.1, -0.05) is 35.5 Å².